The number of halogens is 4. The normalized spacial score (nSPS) is 12.1. The molecular weight excluding hydrogens is 314 g/mol. The minimum atomic E-state index is -4.74. The fourth-order valence-corrected chi connectivity index (χ4v) is 2.15. The lowest BCUT2D eigenvalue weighted by Crippen LogP contribution is -2.22. The van der Waals surface area contributed by atoms with Gasteiger partial charge in [-0.1, -0.05) is 19.9 Å². The summed E-state index contributed by atoms with van der Waals surface area (Å²) in [6.07, 6.45) is -4.74. The van der Waals surface area contributed by atoms with Crippen molar-refractivity contribution in [2.75, 3.05) is 18.8 Å². The summed E-state index contributed by atoms with van der Waals surface area (Å²) in [7, 11) is 0. The van der Waals surface area contributed by atoms with Gasteiger partial charge in [-0.3, -0.25) is 4.90 Å². The second kappa shape index (κ2) is 6.53. The van der Waals surface area contributed by atoms with E-state index >= 15 is 0 Å². The molecule has 0 fully saturated rings. The molecule has 2 N–H and O–H groups in total. The smallest absolute Gasteiger partial charge is 0.368 e. The van der Waals surface area contributed by atoms with Gasteiger partial charge in [-0.25, -0.2) is 4.39 Å². The molecular formula is C14H17F4N5. The predicted octanol–water partition coefficient (Wildman–Crippen LogP) is 2.85. The highest BCUT2D eigenvalue weighted by Gasteiger charge is 2.37. The molecule has 0 radical (unpaired) electrons. The van der Waals surface area contributed by atoms with E-state index in [9.17, 15) is 17.6 Å². The summed E-state index contributed by atoms with van der Waals surface area (Å²) in [4.78, 5) is 5.21. The first-order valence-corrected chi connectivity index (χ1v) is 7.07. The van der Waals surface area contributed by atoms with E-state index in [1.54, 1.807) is 6.07 Å². The zero-order valence-electron chi connectivity index (χ0n) is 12.7. The van der Waals surface area contributed by atoms with Crippen LogP contribution < -0.4 is 5.73 Å². The SMILES string of the molecule is CCN(CC)Cc1ccc(-n2nc(C(F)(F)F)nc2N)c(F)c1. The zero-order chi connectivity index (χ0) is 17.2. The Morgan fingerprint density at radius 2 is 1.87 bits per heavy atom. The lowest BCUT2D eigenvalue weighted by molar-refractivity contribution is -0.144. The number of anilines is 1. The molecule has 5 nitrogen and oxygen atoms in total. The molecule has 0 bridgehead atoms. The Kier molecular flexibility index (Phi) is 4.88. The molecule has 23 heavy (non-hydrogen) atoms. The van der Waals surface area contributed by atoms with E-state index in [-0.39, 0.29) is 5.69 Å². The van der Waals surface area contributed by atoms with Crippen LogP contribution in [0.5, 0.6) is 0 Å². The fourth-order valence-electron chi connectivity index (χ4n) is 2.15. The summed E-state index contributed by atoms with van der Waals surface area (Å²) < 4.78 is 52.7. The van der Waals surface area contributed by atoms with Crippen molar-refractivity contribution in [3.05, 3.63) is 35.4 Å². The monoisotopic (exact) mass is 331 g/mol. The van der Waals surface area contributed by atoms with Crippen molar-refractivity contribution in [3.63, 3.8) is 0 Å². The average molecular weight is 331 g/mol. The summed E-state index contributed by atoms with van der Waals surface area (Å²) >= 11 is 0. The number of benzene rings is 1. The quantitative estimate of drug-likeness (QED) is 0.856. The highest BCUT2D eigenvalue weighted by Crippen LogP contribution is 2.28. The van der Waals surface area contributed by atoms with Crippen molar-refractivity contribution in [2.24, 2.45) is 0 Å². The second-order valence-electron chi connectivity index (χ2n) is 4.95. The number of hydrogen-bond acceptors (Lipinski definition) is 4. The Morgan fingerprint density at radius 1 is 1.22 bits per heavy atom. The molecule has 0 unspecified atom stereocenters. The maximum atomic E-state index is 14.2. The van der Waals surface area contributed by atoms with Crippen LogP contribution in [-0.4, -0.2) is 32.8 Å². The first-order chi connectivity index (χ1) is 10.8. The van der Waals surface area contributed by atoms with E-state index in [0.717, 1.165) is 13.1 Å². The number of alkyl halides is 3. The van der Waals surface area contributed by atoms with E-state index in [1.165, 1.54) is 12.1 Å². The zero-order valence-corrected chi connectivity index (χ0v) is 12.7. The molecule has 0 saturated carbocycles. The molecule has 0 atom stereocenters. The van der Waals surface area contributed by atoms with Crippen LogP contribution in [0.25, 0.3) is 5.69 Å². The Balaban J connectivity index is 2.33. The molecule has 1 heterocycles. The highest BCUT2D eigenvalue weighted by molar-refractivity contribution is 5.40. The van der Waals surface area contributed by atoms with Crippen LogP contribution in [-0.2, 0) is 12.7 Å². The molecule has 1 aromatic heterocycles. The minimum Gasteiger partial charge on any atom is -0.368 e. The summed E-state index contributed by atoms with van der Waals surface area (Å²) in [6.45, 7) is 6.15. The molecule has 0 spiro atoms. The highest BCUT2D eigenvalue weighted by atomic mass is 19.4. The van der Waals surface area contributed by atoms with Crippen LogP contribution in [0.2, 0.25) is 0 Å². The molecule has 0 saturated heterocycles. The first kappa shape index (κ1) is 17.2. The predicted molar refractivity (Wildman–Crippen MR) is 77.4 cm³/mol. The van der Waals surface area contributed by atoms with E-state index in [4.69, 9.17) is 5.73 Å². The van der Waals surface area contributed by atoms with E-state index in [1.807, 2.05) is 13.8 Å². The first-order valence-electron chi connectivity index (χ1n) is 7.07. The van der Waals surface area contributed by atoms with Crippen LogP contribution in [0.15, 0.2) is 18.2 Å². The topological polar surface area (TPSA) is 60.0 Å². The van der Waals surface area contributed by atoms with E-state index < -0.39 is 23.8 Å². The molecule has 1 aromatic carbocycles. The van der Waals surface area contributed by atoms with E-state index in [0.29, 0.717) is 16.8 Å². The summed E-state index contributed by atoms with van der Waals surface area (Å²) in [6, 6.07) is 4.24. The van der Waals surface area contributed by atoms with Gasteiger partial charge in [0.25, 0.3) is 5.82 Å². The maximum absolute atomic E-state index is 14.2. The maximum Gasteiger partial charge on any atom is 0.453 e. The van der Waals surface area contributed by atoms with Crippen molar-refractivity contribution < 1.29 is 17.6 Å². The Bertz CT molecular complexity index is 676. The van der Waals surface area contributed by atoms with Crippen LogP contribution >= 0.6 is 0 Å². The van der Waals surface area contributed by atoms with Crippen LogP contribution in [0.1, 0.15) is 25.2 Å². The molecule has 0 amide bonds. The Morgan fingerprint density at radius 3 is 2.35 bits per heavy atom. The largest absolute Gasteiger partial charge is 0.453 e. The molecule has 0 aliphatic rings. The Labute approximate surface area is 130 Å². The van der Waals surface area contributed by atoms with Gasteiger partial charge in [0.1, 0.15) is 11.5 Å². The van der Waals surface area contributed by atoms with Crippen molar-refractivity contribution >= 4 is 5.95 Å². The van der Waals surface area contributed by atoms with Crippen molar-refractivity contribution in [2.45, 2.75) is 26.6 Å². The van der Waals surface area contributed by atoms with Gasteiger partial charge in [-0.15, -0.1) is 5.10 Å². The van der Waals surface area contributed by atoms with Crippen LogP contribution in [0.3, 0.4) is 0 Å². The van der Waals surface area contributed by atoms with Gasteiger partial charge in [0, 0.05) is 6.54 Å². The standard InChI is InChI=1S/C14H17F4N5/c1-3-22(4-2)8-9-5-6-11(10(15)7-9)23-13(19)20-12(21-23)14(16,17)18/h5-7H,3-4,8H2,1-2H3,(H2,19,20,21). The molecule has 2 aromatic rings. The van der Waals surface area contributed by atoms with Gasteiger partial charge in [0.2, 0.25) is 5.95 Å². The second-order valence-corrected chi connectivity index (χ2v) is 4.95. The van der Waals surface area contributed by atoms with Gasteiger partial charge in [0.15, 0.2) is 0 Å². The fraction of sp³-hybridized carbons (Fsp3) is 0.429. The molecule has 0 aliphatic carbocycles. The van der Waals surface area contributed by atoms with Crippen LogP contribution in [0, 0.1) is 5.82 Å². The lowest BCUT2D eigenvalue weighted by atomic mass is 10.2. The van der Waals surface area contributed by atoms with Gasteiger partial charge < -0.3 is 5.73 Å². The number of nitrogens with two attached hydrogens (primary N) is 1. The average Bonchev–Trinajstić information content (AvgIpc) is 2.87. The molecule has 0 aliphatic heterocycles. The number of nitrogens with zero attached hydrogens (tertiary/aromatic N) is 4. The molecule has 2 rings (SSSR count). The summed E-state index contributed by atoms with van der Waals surface area (Å²) in [5, 5.41) is 3.24. The van der Waals surface area contributed by atoms with Gasteiger partial charge >= 0.3 is 6.18 Å². The number of hydrogen-bond donors (Lipinski definition) is 1. The third-order valence-corrected chi connectivity index (χ3v) is 3.43. The van der Waals surface area contributed by atoms with Crippen LogP contribution in [0.4, 0.5) is 23.5 Å². The molecule has 126 valence electrons. The molecule has 9 heteroatoms. The Hall–Kier alpha value is -2.16. The van der Waals surface area contributed by atoms with Gasteiger partial charge in [-0.2, -0.15) is 22.8 Å². The lowest BCUT2D eigenvalue weighted by Gasteiger charge is -2.18. The van der Waals surface area contributed by atoms with E-state index in [2.05, 4.69) is 15.0 Å². The van der Waals surface area contributed by atoms with Crippen molar-refractivity contribution in [1.82, 2.24) is 19.7 Å². The third kappa shape index (κ3) is 3.79. The number of aromatic nitrogens is 3. The van der Waals surface area contributed by atoms with Crippen molar-refractivity contribution in [3.8, 4) is 5.69 Å². The number of rotatable bonds is 5. The van der Waals surface area contributed by atoms with Crippen molar-refractivity contribution in [1.29, 1.82) is 0 Å². The number of nitrogen functional groups attached to an aromatic ring is 1. The minimum absolute atomic E-state index is 0.172. The van der Waals surface area contributed by atoms with Gasteiger partial charge in [0.05, 0.1) is 0 Å². The van der Waals surface area contributed by atoms with Gasteiger partial charge in [-0.05, 0) is 30.8 Å². The summed E-state index contributed by atoms with van der Waals surface area (Å²) in [5.74, 6) is -2.63. The summed E-state index contributed by atoms with van der Waals surface area (Å²) in [5.41, 5.74) is 5.96. The third-order valence-electron chi connectivity index (χ3n) is 3.43.